The summed E-state index contributed by atoms with van der Waals surface area (Å²) in [5.74, 6) is 0.0520. The zero-order valence-electron chi connectivity index (χ0n) is 14.2. The van der Waals surface area contributed by atoms with Gasteiger partial charge in [0.2, 0.25) is 0 Å². The van der Waals surface area contributed by atoms with Crippen LogP contribution in [0.25, 0.3) is 0 Å². The van der Waals surface area contributed by atoms with Gasteiger partial charge in [0.25, 0.3) is 0 Å². The minimum Gasteiger partial charge on any atom is -0.364 e. The van der Waals surface area contributed by atoms with E-state index in [9.17, 15) is 4.79 Å². The topological polar surface area (TPSA) is 26.3 Å². The minimum absolute atomic E-state index is 0.116. The highest BCUT2D eigenvalue weighted by Gasteiger charge is 2.41. The molecule has 0 aromatic heterocycles. The monoisotopic (exact) mass is 308 g/mol. The van der Waals surface area contributed by atoms with Crippen LogP contribution in [0.1, 0.15) is 48.3 Å². The molecule has 1 aliphatic rings. The van der Waals surface area contributed by atoms with E-state index < -0.39 is 0 Å². The fraction of sp³-hybridized carbons (Fsp3) is 0.381. The third-order valence-electron chi connectivity index (χ3n) is 4.91. The Bertz CT molecular complexity index is 625. The SMILES string of the molecule is Cc1ccc(C2OC(c3ccc(C)cc3)C(C)C(=O)C2C)cc1. The molecule has 0 aliphatic carbocycles. The van der Waals surface area contributed by atoms with Crippen LogP contribution in [-0.2, 0) is 9.53 Å². The van der Waals surface area contributed by atoms with Gasteiger partial charge in [-0.05, 0) is 25.0 Å². The number of ketones is 1. The van der Waals surface area contributed by atoms with E-state index in [1.165, 1.54) is 11.1 Å². The summed E-state index contributed by atoms with van der Waals surface area (Å²) in [4.78, 5) is 12.7. The summed E-state index contributed by atoms with van der Waals surface area (Å²) < 4.78 is 6.41. The average Bonchev–Trinajstić information content (AvgIpc) is 2.55. The molecule has 2 heteroatoms. The predicted octanol–water partition coefficient (Wildman–Crippen LogP) is 4.96. The Labute approximate surface area is 138 Å². The van der Waals surface area contributed by atoms with Crippen molar-refractivity contribution in [3.63, 3.8) is 0 Å². The van der Waals surface area contributed by atoms with Gasteiger partial charge in [-0.2, -0.15) is 0 Å². The average molecular weight is 308 g/mol. The number of hydrogen-bond donors (Lipinski definition) is 0. The van der Waals surface area contributed by atoms with E-state index in [2.05, 4.69) is 62.4 Å². The molecule has 23 heavy (non-hydrogen) atoms. The Kier molecular flexibility index (Phi) is 4.36. The summed E-state index contributed by atoms with van der Waals surface area (Å²) in [5, 5.41) is 0. The lowest BCUT2D eigenvalue weighted by Gasteiger charge is -2.38. The lowest BCUT2D eigenvalue weighted by atomic mass is 9.80. The van der Waals surface area contributed by atoms with E-state index in [1.807, 2.05) is 13.8 Å². The number of carbonyl (C=O) groups is 1. The molecule has 0 spiro atoms. The largest absolute Gasteiger partial charge is 0.364 e. The summed E-state index contributed by atoms with van der Waals surface area (Å²) in [5.41, 5.74) is 4.60. The highest BCUT2D eigenvalue weighted by molar-refractivity contribution is 5.85. The van der Waals surface area contributed by atoms with Gasteiger partial charge in [-0.3, -0.25) is 4.79 Å². The first-order valence-electron chi connectivity index (χ1n) is 8.29. The molecule has 1 fully saturated rings. The number of carbonyl (C=O) groups excluding carboxylic acids is 1. The van der Waals surface area contributed by atoms with Crippen LogP contribution in [0, 0.1) is 25.7 Å². The summed E-state index contributed by atoms with van der Waals surface area (Å²) in [6, 6.07) is 16.6. The van der Waals surface area contributed by atoms with Crippen molar-refractivity contribution in [2.75, 3.05) is 0 Å². The van der Waals surface area contributed by atoms with Crippen LogP contribution in [0.3, 0.4) is 0 Å². The molecule has 120 valence electrons. The van der Waals surface area contributed by atoms with Crippen LogP contribution in [0.2, 0.25) is 0 Å². The molecule has 4 unspecified atom stereocenters. The number of aryl methyl sites for hydroxylation is 2. The number of benzene rings is 2. The summed E-state index contributed by atoms with van der Waals surface area (Å²) in [6.07, 6.45) is -0.351. The van der Waals surface area contributed by atoms with Crippen LogP contribution in [0.15, 0.2) is 48.5 Å². The minimum atomic E-state index is -0.175. The first-order chi connectivity index (χ1) is 11.0. The predicted molar refractivity (Wildman–Crippen MR) is 92.3 cm³/mol. The molecule has 0 bridgehead atoms. The van der Waals surface area contributed by atoms with Crippen LogP contribution in [0.5, 0.6) is 0 Å². The van der Waals surface area contributed by atoms with Crippen molar-refractivity contribution < 1.29 is 9.53 Å². The number of ether oxygens (including phenoxy) is 1. The van der Waals surface area contributed by atoms with Gasteiger partial charge < -0.3 is 4.74 Å². The van der Waals surface area contributed by atoms with Gasteiger partial charge >= 0.3 is 0 Å². The van der Waals surface area contributed by atoms with E-state index in [1.54, 1.807) is 0 Å². The zero-order chi connectivity index (χ0) is 16.6. The van der Waals surface area contributed by atoms with Crippen LogP contribution >= 0.6 is 0 Å². The second kappa shape index (κ2) is 6.29. The summed E-state index contributed by atoms with van der Waals surface area (Å²) in [6.45, 7) is 8.10. The normalized spacial score (nSPS) is 27.9. The quantitative estimate of drug-likeness (QED) is 0.784. The van der Waals surface area contributed by atoms with E-state index in [-0.39, 0.29) is 29.8 Å². The molecule has 2 nitrogen and oxygen atoms in total. The van der Waals surface area contributed by atoms with Crippen LogP contribution < -0.4 is 0 Å². The first-order valence-corrected chi connectivity index (χ1v) is 8.29. The highest BCUT2D eigenvalue weighted by Crippen LogP contribution is 2.43. The number of rotatable bonds is 2. The van der Waals surface area contributed by atoms with E-state index in [0.29, 0.717) is 0 Å². The van der Waals surface area contributed by atoms with Crippen molar-refractivity contribution in [2.24, 2.45) is 11.8 Å². The van der Waals surface area contributed by atoms with E-state index in [0.717, 1.165) is 11.1 Å². The summed E-state index contributed by atoms with van der Waals surface area (Å²) in [7, 11) is 0. The van der Waals surface area contributed by atoms with Gasteiger partial charge in [0, 0.05) is 11.8 Å². The second-order valence-electron chi connectivity index (χ2n) is 6.78. The molecule has 1 saturated heterocycles. The Morgan fingerprint density at radius 1 is 0.696 bits per heavy atom. The Morgan fingerprint density at radius 2 is 1.04 bits per heavy atom. The fourth-order valence-electron chi connectivity index (χ4n) is 3.35. The third kappa shape index (κ3) is 3.09. The van der Waals surface area contributed by atoms with Crippen LogP contribution in [0.4, 0.5) is 0 Å². The third-order valence-corrected chi connectivity index (χ3v) is 4.91. The zero-order valence-corrected chi connectivity index (χ0v) is 14.2. The lowest BCUT2D eigenvalue weighted by molar-refractivity contribution is -0.157. The van der Waals surface area contributed by atoms with Crippen molar-refractivity contribution in [3.8, 4) is 0 Å². The van der Waals surface area contributed by atoms with Crippen molar-refractivity contribution >= 4 is 5.78 Å². The molecular weight excluding hydrogens is 284 g/mol. The van der Waals surface area contributed by atoms with Crippen molar-refractivity contribution in [3.05, 3.63) is 70.8 Å². The summed E-state index contributed by atoms with van der Waals surface area (Å²) >= 11 is 0. The second-order valence-corrected chi connectivity index (χ2v) is 6.78. The molecule has 0 amide bonds. The molecule has 4 atom stereocenters. The van der Waals surface area contributed by atoms with Crippen molar-refractivity contribution in [1.29, 1.82) is 0 Å². The molecule has 2 aromatic carbocycles. The van der Waals surface area contributed by atoms with Gasteiger partial charge in [-0.25, -0.2) is 0 Å². The molecule has 2 aromatic rings. The highest BCUT2D eigenvalue weighted by atomic mass is 16.5. The Morgan fingerprint density at radius 3 is 1.39 bits per heavy atom. The van der Waals surface area contributed by atoms with E-state index >= 15 is 0 Å². The van der Waals surface area contributed by atoms with Crippen LogP contribution in [-0.4, -0.2) is 5.78 Å². The van der Waals surface area contributed by atoms with Gasteiger partial charge in [0.05, 0.1) is 12.2 Å². The van der Waals surface area contributed by atoms with Gasteiger partial charge in [0.1, 0.15) is 5.78 Å². The maximum atomic E-state index is 12.7. The molecule has 0 N–H and O–H groups in total. The number of hydrogen-bond acceptors (Lipinski definition) is 2. The number of Topliss-reactive ketones (excluding diaryl/α,β-unsaturated/α-hetero) is 1. The lowest BCUT2D eigenvalue weighted by Crippen LogP contribution is -2.37. The first kappa shape index (κ1) is 15.9. The molecule has 3 rings (SSSR count). The van der Waals surface area contributed by atoms with Gasteiger partial charge in [0.15, 0.2) is 0 Å². The van der Waals surface area contributed by atoms with Crippen molar-refractivity contribution in [2.45, 2.75) is 39.9 Å². The Hall–Kier alpha value is -1.93. The molecule has 1 heterocycles. The fourth-order valence-corrected chi connectivity index (χ4v) is 3.35. The molecule has 0 saturated carbocycles. The molecule has 0 radical (unpaired) electrons. The van der Waals surface area contributed by atoms with Gasteiger partial charge in [-0.1, -0.05) is 73.5 Å². The van der Waals surface area contributed by atoms with Gasteiger partial charge in [-0.15, -0.1) is 0 Å². The molecular formula is C21H24O2. The smallest absolute Gasteiger partial charge is 0.144 e. The van der Waals surface area contributed by atoms with Crippen molar-refractivity contribution in [1.82, 2.24) is 0 Å². The standard InChI is InChI=1S/C21H24O2/c1-13-5-9-17(10-6-13)20-15(3)19(22)16(4)21(23-20)18-11-7-14(2)8-12-18/h5-12,15-16,20-21H,1-4H3. The Balaban J connectivity index is 1.94. The van der Waals surface area contributed by atoms with E-state index in [4.69, 9.17) is 4.74 Å². The maximum Gasteiger partial charge on any atom is 0.144 e. The maximum absolute atomic E-state index is 12.7. The molecule has 1 aliphatic heterocycles.